The molecule has 2 N–H and O–H groups in total. The van der Waals surface area contributed by atoms with E-state index in [4.69, 9.17) is 9.47 Å². The lowest BCUT2D eigenvalue weighted by molar-refractivity contribution is -0.123. The molecule has 4 aromatic rings. The van der Waals surface area contributed by atoms with Gasteiger partial charge >= 0.3 is 10.8 Å². The summed E-state index contributed by atoms with van der Waals surface area (Å²) >= 11 is 6.23. The van der Waals surface area contributed by atoms with Gasteiger partial charge < -0.3 is 19.8 Å². The highest BCUT2D eigenvalue weighted by Gasteiger charge is 2.69. The maximum Gasteiger partial charge on any atom is 0.338 e. The number of benzene rings is 3. The highest BCUT2D eigenvalue weighted by atomic mass is 79.9. The van der Waals surface area contributed by atoms with Crippen LogP contribution in [-0.4, -0.2) is 47.1 Å². The summed E-state index contributed by atoms with van der Waals surface area (Å²) in [6.07, 6.45) is 0.763. The van der Waals surface area contributed by atoms with Crippen molar-refractivity contribution in [3.05, 3.63) is 103 Å². The van der Waals surface area contributed by atoms with Crippen LogP contribution in [0.15, 0.2) is 87.1 Å². The van der Waals surface area contributed by atoms with E-state index in [1.165, 1.54) is 16.2 Å². The predicted molar refractivity (Wildman–Crippen MR) is 188 cm³/mol. The number of hydrogen-bond donors (Lipinski definition) is 2. The van der Waals surface area contributed by atoms with Gasteiger partial charge in [0.05, 0.1) is 34.7 Å². The number of aromatic amines is 1. The van der Waals surface area contributed by atoms with Gasteiger partial charge in [0.15, 0.2) is 6.61 Å². The van der Waals surface area contributed by atoms with Gasteiger partial charge in [-0.3, -0.25) is 24.1 Å². The van der Waals surface area contributed by atoms with Crippen LogP contribution in [0, 0.1) is 29.6 Å². The van der Waals surface area contributed by atoms with Crippen LogP contribution in [0.5, 0.6) is 5.75 Å². The minimum Gasteiger partial charge on any atom is -0.483 e. The first-order valence-corrected chi connectivity index (χ1v) is 18.5. The summed E-state index contributed by atoms with van der Waals surface area (Å²) in [5, 5.41) is 3.62. The second kappa shape index (κ2) is 12.6. The fourth-order valence-electron chi connectivity index (χ4n) is 8.32. The van der Waals surface area contributed by atoms with Gasteiger partial charge in [-0.15, -0.1) is 11.8 Å². The summed E-state index contributed by atoms with van der Waals surface area (Å²) in [5.41, 5.74) is 2.31. The fraction of sp³-hybridized carbons (Fsp3) is 0.306. The van der Waals surface area contributed by atoms with Crippen LogP contribution < -0.4 is 19.8 Å². The zero-order valence-corrected chi connectivity index (χ0v) is 29.3. The summed E-state index contributed by atoms with van der Waals surface area (Å²) in [5.74, 6) is -1.79. The second-order valence-corrected chi connectivity index (χ2v) is 15.7. The SMILES string of the molecule is CCOC(=O)c1ccc(NC(=O)COc2ccccc2[C@H]2c3sc(=O)[nH]c3SC3C2[C@H]2C[C@@H]3C3C(=O)N(c4ccc(Br)cc4)C(=O)C32)cc1. The molecule has 3 aromatic carbocycles. The molecule has 10 nitrogen and oxygen atoms in total. The van der Waals surface area contributed by atoms with Crippen molar-refractivity contribution in [2.24, 2.45) is 29.6 Å². The van der Waals surface area contributed by atoms with Crippen molar-refractivity contribution in [1.29, 1.82) is 0 Å². The molecule has 3 fully saturated rings. The molecule has 2 bridgehead atoms. The molecule has 4 aliphatic rings. The Labute approximate surface area is 297 Å². The van der Waals surface area contributed by atoms with E-state index in [2.05, 4.69) is 26.2 Å². The molecular formula is C36H30BrN3O7S2. The van der Waals surface area contributed by atoms with E-state index >= 15 is 0 Å². The van der Waals surface area contributed by atoms with Crippen LogP contribution in [0.1, 0.15) is 40.1 Å². The van der Waals surface area contributed by atoms with E-state index in [9.17, 15) is 24.0 Å². The number of fused-ring (bicyclic) bond motifs is 9. The van der Waals surface area contributed by atoms with Gasteiger partial charge in [-0.25, -0.2) is 4.79 Å². The van der Waals surface area contributed by atoms with Gasteiger partial charge in [0.1, 0.15) is 5.75 Å². The lowest BCUT2D eigenvalue weighted by atomic mass is 9.68. The van der Waals surface area contributed by atoms with Crippen molar-refractivity contribution in [3.8, 4) is 5.75 Å². The number of rotatable bonds is 8. The van der Waals surface area contributed by atoms with E-state index in [-0.39, 0.29) is 64.7 Å². The van der Waals surface area contributed by atoms with Crippen LogP contribution in [0.3, 0.4) is 0 Å². The van der Waals surface area contributed by atoms with E-state index in [0.29, 0.717) is 22.7 Å². The Morgan fingerprint density at radius 3 is 2.41 bits per heavy atom. The van der Waals surface area contributed by atoms with Crippen LogP contribution in [0.2, 0.25) is 0 Å². The molecule has 2 saturated carbocycles. The Morgan fingerprint density at radius 2 is 1.67 bits per heavy atom. The average Bonchev–Trinajstić information content (AvgIpc) is 3.84. The maximum absolute atomic E-state index is 14.1. The Balaban J connectivity index is 1.06. The zero-order chi connectivity index (χ0) is 34.0. The molecule has 2 aliphatic carbocycles. The van der Waals surface area contributed by atoms with Crippen molar-refractivity contribution < 1.29 is 28.7 Å². The number of aromatic nitrogens is 1. The quantitative estimate of drug-likeness (QED) is 0.163. The summed E-state index contributed by atoms with van der Waals surface area (Å²) in [6, 6.07) is 21.2. The molecule has 3 heterocycles. The van der Waals surface area contributed by atoms with E-state index in [1.54, 1.807) is 55.1 Å². The summed E-state index contributed by atoms with van der Waals surface area (Å²) in [7, 11) is 0. The number of nitrogens with zero attached hydrogens (tertiary/aromatic N) is 1. The number of thioether (sulfide) groups is 1. The number of amides is 3. The molecule has 7 atom stereocenters. The Hall–Kier alpha value is -4.20. The fourth-order valence-corrected chi connectivity index (χ4v) is 11.5. The van der Waals surface area contributed by atoms with Crippen LogP contribution >= 0.6 is 39.0 Å². The Bertz CT molecular complexity index is 2050. The number of esters is 1. The summed E-state index contributed by atoms with van der Waals surface area (Å²) < 4.78 is 12.1. The first kappa shape index (κ1) is 32.0. The van der Waals surface area contributed by atoms with Crippen molar-refractivity contribution in [2.75, 3.05) is 23.4 Å². The van der Waals surface area contributed by atoms with Gasteiger partial charge in [-0.05, 0) is 85.7 Å². The zero-order valence-electron chi connectivity index (χ0n) is 26.1. The third-order valence-electron chi connectivity index (χ3n) is 10.1. The highest BCUT2D eigenvalue weighted by Crippen LogP contribution is 2.69. The molecule has 4 unspecified atom stereocenters. The third kappa shape index (κ3) is 5.42. The van der Waals surface area contributed by atoms with Gasteiger partial charge in [0.25, 0.3) is 5.91 Å². The molecule has 1 aromatic heterocycles. The molecule has 3 amide bonds. The minimum absolute atomic E-state index is 0.0181. The van der Waals surface area contributed by atoms with Crippen molar-refractivity contribution >= 4 is 74.1 Å². The number of ether oxygens (including phenoxy) is 2. The normalized spacial score (nSPS) is 26.2. The van der Waals surface area contributed by atoms with E-state index in [1.807, 2.05) is 36.4 Å². The molecular weight excluding hydrogens is 730 g/mol. The smallest absolute Gasteiger partial charge is 0.338 e. The summed E-state index contributed by atoms with van der Waals surface area (Å²) in [4.78, 5) is 70.8. The van der Waals surface area contributed by atoms with Crippen molar-refractivity contribution in [3.63, 3.8) is 0 Å². The molecule has 49 heavy (non-hydrogen) atoms. The Morgan fingerprint density at radius 1 is 0.959 bits per heavy atom. The average molecular weight is 761 g/mol. The molecule has 1 saturated heterocycles. The molecule has 8 rings (SSSR count). The third-order valence-corrected chi connectivity index (χ3v) is 13.2. The number of nitrogens with one attached hydrogen (secondary N) is 2. The highest BCUT2D eigenvalue weighted by molar-refractivity contribution is 9.10. The standard InChI is InChI=1S/C36H30BrN3O7S2/c1-2-46-35(44)17-7-11-19(12-8-17)38-25(41)16-47-24-6-4-3-5-21(24)26-27-22-15-23(30(27)48-32-31(26)49-36(45)39-32)29-28(22)33(42)40(34(29)43)20-13-9-18(37)10-14-20/h3-14,22-23,26-30H,2,15-16H2,1H3,(H,38,41)(H,39,45)/t22-,23-,26-,27?,28?,29?,30?/m1/s1. The minimum atomic E-state index is -0.434. The van der Waals surface area contributed by atoms with Gasteiger partial charge in [0, 0.05) is 31.8 Å². The first-order chi connectivity index (χ1) is 23.7. The topological polar surface area (TPSA) is 135 Å². The number of hydrogen-bond acceptors (Lipinski definition) is 9. The number of para-hydroxylation sites is 1. The number of thiazole rings is 1. The Kier molecular flexibility index (Phi) is 8.24. The first-order valence-electron chi connectivity index (χ1n) is 16.0. The van der Waals surface area contributed by atoms with E-state index < -0.39 is 17.8 Å². The summed E-state index contributed by atoms with van der Waals surface area (Å²) in [6.45, 7) is 1.74. The van der Waals surface area contributed by atoms with Crippen LogP contribution in [0.4, 0.5) is 11.4 Å². The monoisotopic (exact) mass is 759 g/mol. The molecule has 250 valence electrons. The van der Waals surface area contributed by atoms with Gasteiger partial charge in [0.2, 0.25) is 11.8 Å². The van der Waals surface area contributed by atoms with Crippen molar-refractivity contribution in [1.82, 2.24) is 4.98 Å². The van der Waals surface area contributed by atoms with Crippen LogP contribution in [-0.2, 0) is 19.1 Å². The number of anilines is 2. The number of carbonyl (C=O) groups excluding carboxylic acids is 4. The lowest BCUT2D eigenvalue weighted by Gasteiger charge is -2.43. The molecule has 2 aliphatic heterocycles. The van der Waals surface area contributed by atoms with Gasteiger partial charge in [-0.1, -0.05) is 45.5 Å². The predicted octanol–water partition coefficient (Wildman–Crippen LogP) is 6.07. The number of carbonyl (C=O) groups is 4. The largest absolute Gasteiger partial charge is 0.483 e. The van der Waals surface area contributed by atoms with Crippen LogP contribution in [0.25, 0.3) is 0 Å². The lowest BCUT2D eigenvalue weighted by Crippen LogP contribution is -2.42. The van der Waals surface area contributed by atoms with Crippen molar-refractivity contribution in [2.45, 2.75) is 29.5 Å². The molecule has 13 heteroatoms. The van der Waals surface area contributed by atoms with E-state index in [0.717, 1.165) is 26.4 Å². The molecule has 0 spiro atoms. The number of H-pyrrole nitrogens is 1. The number of halogens is 1. The molecule has 0 radical (unpaired) electrons. The maximum atomic E-state index is 14.1. The van der Waals surface area contributed by atoms with Gasteiger partial charge in [-0.2, -0.15) is 0 Å². The second-order valence-electron chi connectivity index (χ2n) is 12.6. The number of imide groups is 1.